The van der Waals surface area contributed by atoms with Gasteiger partial charge in [0.2, 0.25) is 0 Å². The summed E-state index contributed by atoms with van der Waals surface area (Å²) in [7, 11) is 0. The first-order valence-electron chi connectivity index (χ1n) is 8.27. The summed E-state index contributed by atoms with van der Waals surface area (Å²) in [5.41, 5.74) is -0.187. The molecule has 1 amide bonds. The lowest BCUT2D eigenvalue weighted by atomic mass is 9.91. The Morgan fingerprint density at radius 2 is 2.21 bits per heavy atom. The van der Waals surface area contributed by atoms with Crippen LogP contribution in [0.25, 0.3) is 0 Å². The molecule has 2 rings (SSSR count). The zero-order chi connectivity index (χ0) is 17.7. The van der Waals surface area contributed by atoms with Crippen LogP contribution in [-0.4, -0.2) is 41.0 Å². The number of aromatic nitrogens is 2. The van der Waals surface area contributed by atoms with E-state index < -0.39 is 5.60 Å². The molecule has 0 spiro atoms. The fourth-order valence-corrected chi connectivity index (χ4v) is 2.79. The number of hydrogen-bond donors (Lipinski definition) is 1. The van der Waals surface area contributed by atoms with Gasteiger partial charge in [-0.15, -0.1) is 10.2 Å². The number of piperidine rings is 1. The number of carbonyl (C=O) groups is 1. The maximum absolute atomic E-state index is 11.9. The Hall–Kier alpha value is -2.36. The normalized spacial score (nSPS) is 19.3. The third-order valence-corrected chi connectivity index (χ3v) is 4.00. The number of anilines is 1. The van der Waals surface area contributed by atoms with Gasteiger partial charge < -0.3 is 15.0 Å². The number of hydrogen-bond acceptors (Lipinski definition) is 6. The fourth-order valence-electron chi connectivity index (χ4n) is 2.79. The van der Waals surface area contributed by atoms with E-state index in [4.69, 9.17) is 10.00 Å². The van der Waals surface area contributed by atoms with Crippen LogP contribution in [0.2, 0.25) is 0 Å². The summed E-state index contributed by atoms with van der Waals surface area (Å²) < 4.78 is 5.32. The molecule has 7 nitrogen and oxygen atoms in total. The summed E-state index contributed by atoms with van der Waals surface area (Å²) >= 11 is 0. The minimum atomic E-state index is -0.500. The van der Waals surface area contributed by atoms with E-state index in [0.717, 1.165) is 31.7 Å². The van der Waals surface area contributed by atoms with E-state index in [-0.39, 0.29) is 12.1 Å². The van der Waals surface area contributed by atoms with Gasteiger partial charge in [-0.05, 0) is 58.6 Å². The first kappa shape index (κ1) is 18.0. The van der Waals surface area contributed by atoms with Gasteiger partial charge in [0.05, 0.1) is 0 Å². The molecule has 1 saturated heterocycles. The number of amides is 1. The Bertz CT molecular complexity index is 603. The van der Waals surface area contributed by atoms with E-state index in [0.29, 0.717) is 11.6 Å². The maximum Gasteiger partial charge on any atom is 0.407 e. The minimum absolute atomic E-state index is 0.00832. The third-order valence-electron chi connectivity index (χ3n) is 4.00. The molecule has 0 bridgehead atoms. The molecule has 0 radical (unpaired) electrons. The SMILES string of the molecule is CC(NC(=O)OC(C)(C)C)C1CCCN(c2ccc(C#N)nn2)C1. The molecule has 1 fully saturated rings. The van der Waals surface area contributed by atoms with Crippen LogP contribution in [0.5, 0.6) is 0 Å². The summed E-state index contributed by atoms with van der Waals surface area (Å²) in [5, 5.41) is 19.7. The van der Waals surface area contributed by atoms with Gasteiger partial charge in [-0.25, -0.2) is 4.79 Å². The zero-order valence-electron chi connectivity index (χ0n) is 14.7. The topological polar surface area (TPSA) is 91.1 Å². The van der Waals surface area contributed by atoms with Crippen molar-refractivity contribution in [3.8, 4) is 6.07 Å². The van der Waals surface area contributed by atoms with E-state index in [2.05, 4.69) is 20.4 Å². The van der Waals surface area contributed by atoms with Gasteiger partial charge in [-0.2, -0.15) is 5.26 Å². The second-order valence-corrected chi connectivity index (χ2v) is 7.17. The smallest absolute Gasteiger partial charge is 0.407 e. The number of nitriles is 1. The minimum Gasteiger partial charge on any atom is -0.444 e. The lowest BCUT2D eigenvalue weighted by Crippen LogP contribution is -2.47. The third kappa shape index (κ3) is 5.08. The molecule has 1 aliphatic heterocycles. The molecule has 7 heteroatoms. The highest BCUT2D eigenvalue weighted by Gasteiger charge is 2.27. The Morgan fingerprint density at radius 3 is 2.79 bits per heavy atom. The van der Waals surface area contributed by atoms with Crippen LogP contribution in [0.1, 0.15) is 46.2 Å². The van der Waals surface area contributed by atoms with Crippen LogP contribution in [0.15, 0.2) is 12.1 Å². The Morgan fingerprint density at radius 1 is 1.46 bits per heavy atom. The average Bonchev–Trinajstić information content (AvgIpc) is 2.53. The summed E-state index contributed by atoms with van der Waals surface area (Å²) in [6, 6.07) is 5.47. The highest BCUT2D eigenvalue weighted by Crippen LogP contribution is 2.23. The highest BCUT2D eigenvalue weighted by molar-refractivity contribution is 5.68. The molecule has 130 valence electrons. The monoisotopic (exact) mass is 331 g/mol. The van der Waals surface area contributed by atoms with Gasteiger partial charge in [-0.1, -0.05) is 0 Å². The summed E-state index contributed by atoms with van der Waals surface area (Å²) in [6.45, 7) is 9.24. The molecule has 24 heavy (non-hydrogen) atoms. The molecule has 1 N–H and O–H groups in total. The number of rotatable bonds is 3. The van der Waals surface area contributed by atoms with Crippen LogP contribution in [0.4, 0.5) is 10.6 Å². The Labute approximate surface area is 143 Å². The quantitative estimate of drug-likeness (QED) is 0.915. The molecule has 2 unspecified atom stereocenters. The van der Waals surface area contributed by atoms with Crippen LogP contribution in [-0.2, 0) is 4.74 Å². The summed E-state index contributed by atoms with van der Waals surface area (Å²) in [6.07, 6.45) is 1.68. The number of alkyl carbamates (subject to hydrolysis) is 1. The highest BCUT2D eigenvalue weighted by atomic mass is 16.6. The van der Waals surface area contributed by atoms with Gasteiger partial charge in [0.1, 0.15) is 11.7 Å². The van der Waals surface area contributed by atoms with Gasteiger partial charge in [0, 0.05) is 19.1 Å². The maximum atomic E-state index is 11.9. The molecule has 2 heterocycles. The molecule has 1 aliphatic rings. The van der Waals surface area contributed by atoms with Crippen LogP contribution >= 0.6 is 0 Å². The Balaban J connectivity index is 1.94. The van der Waals surface area contributed by atoms with E-state index >= 15 is 0 Å². The Kier molecular flexibility index (Phi) is 5.60. The standard InChI is InChI=1S/C17H25N5O2/c1-12(19-16(23)24-17(2,3)4)13-6-5-9-22(11-13)15-8-7-14(10-18)20-21-15/h7-8,12-13H,5-6,9,11H2,1-4H3,(H,19,23). The van der Waals surface area contributed by atoms with Crippen molar-refractivity contribution in [2.75, 3.05) is 18.0 Å². The van der Waals surface area contributed by atoms with Crippen LogP contribution < -0.4 is 10.2 Å². The number of nitrogens with one attached hydrogen (secondary N) is 1. The second kappa shape index (κ2) is 7.47. The summed E-state index contributed by atoms with van der Waals surface area (Å²) in [4.78, 5) is 14.1. The number of ether oxygens (including phenoxy) is 1. The van der Waals surface area contributed by atoms with Crippen molar-refractivity contribution in [1.82, 2.24) is 15.5 Å². The molecule has 1 aromatic rings. The van der Waals surface area contributed by atoms with Crippen molar-refractivity contribution in [2.45, 2.75) is 52.2 Å². The van der Waals surface area contributed by atoms with E-state index in [1.165, 1.54) is 0 Å². The van der Waals surface area contributed by atoms with Gasteiger partial charge in [0.15, 0.2) is 11.5 Å². The van der Waals surface area contributed by atoms with Gasteiger partial charge in [-0.3, -0.25) is 0 Å². The predicted molar refractivity (Wildman–Crippen MR) is 90.5 cm³/mol. The molecular formula is C17H25N5O2. The van der Waals surface area contributed by atoms with E-state index in [1.807, 2.05) is 39.8 Å². The lowest BCUT2D eigenvalue weighted by molar-refractivity contribution is 0.0489. The van der Waals surface area contributed by atoms with Gasteiger partial charge >= 0.3 is 6.09 Å². The van der Waals surface area contributed by atoms with Crippen molar-refractivity contribution in [3.63, 3.8) is 0 Å². The number of nitrogens with zero attached hydrogens (tertiary/aromatic N) is 4. The van der Waals surface area contributed by atoms with Crippen molar-refractivity contribution >= 4 is 11.9 Å². The molecule has 0 aliphatic carbocycles. The van der Waals surface area contributed by atoms with Crippen molar-refractivity contribution in [2.24, 2.45) is 5.92 Å². The summed E-state index contributed by atoms with van der Waals surface area (Å²) in [5.74, 6) is 1.08. The first-order chi connectivity index (χ1) is 11.3. The lowest BCUT2D eigenvalue weighted by Gasteiger charge is -2.36. The first-order valence-corrected chi connectivity index (χ1v) is 8.27. The fraction of sp³-hybridized carbons (Fsp3) is 0.647. The largest absolute Gasteiger partial charge is 0.444 e. The second-order valence-electron chi connectivity index (χ2n) is 7.17. The van der Waals surface area contributed by atoms with E-state index in [9.17, 15) is 4.79 Å². The molecule has 2 atom stereocenters. The molecule has 0 aromatic carbocycles. The molecule has 0 saturated carbocycles. The average molecular weight is 331 g/mol. The van der Waals surface area contributed by atoms with Crippen LogP contribution in [0.3, 0.4) is 0 Å². The van der Waals surface area contributed by atoms with Gasteiger partial charge in [0.25, 0.3) is 0 Å². The number of carbonyl (C=O) groups excluding carboxylic acids is 1. The van der Waals surface area contributed by atoms with Crippen LogP contribution in [0, 0.1) is 17.2 Å². The van der Waals surface area contributed by atoms with Crippen molar-refractivity contribution in [3.05, 3.63) is 17.8 Å². The van der Waals surface area contributed by atoms with Crippen molar-refractivity contribution in [1.29, 1.82) is 5.26 Å². The molecule has 1 aromatic heterocycles. The zero-order valence-corrected chi connectivity index (χ0v) is 14.7. The van der Waals surface area contributed by atoms with Crippen molar-refractivity contribution < 1.29 is 9.53 Å². The molecular weight excluding hydrogens is 306 g/mol. The predicted octanol–water partition coefficient (Wildman–Crippen LogP) is 2.48. The van der Waals surface area contributed by atoms with E-state index in [1.54, 1.807) is 6.07 Å².